The summed E-state index contributed by atoms with van der Waals surface area (Å²) < 4.78 is 30.3. The van der Waals surface area contributed by atoms with Crippen LogP contribution in [0.1, 0.15) is 86.5 Å². The summed E-state index contributed by atoms with van der Waals surface area (Å²) in [5.41, 5.74) is 5.14. The minimum absolute atomic E-state index is 0.0286. The second-order valence-corrected chi connectivity index (χ2v) is 15.3. The van der Waals surface area contributed by atoms with Gasteiger partial charge >= 0.3 is 0 Å². The second kappa shape index (κ2) is 13.6. The maximum absolute atomic E-state index is 10.4. The van der Waals surface area contributed by atoms with Gasteiger partial charge in [-0.05, 0) is 75.1 Å². The lowest BCUT2D eigenvalue weighted by molar-refractivity contribution is 0.0544. The Balaban J connectivity index is 0.814. The molecule has 8 nitrogen and oxygen atoms in total. The van der Waals surface area contributed by atoms with Gasteiger partial charge in [0.15, 0.2) is 23.0 Å². The minimum atomic E-state index is -0.443. The van der Waals surface area contributed by atoms with Crippen LogP contribution in [0.4, 0.5) is 0 Å². The molecule has 49 heavy (non-hydrogen) atoms. The first kappa shape index (κ1) is 33.1. The Hall–Kier alpha value is -3.04. The molecule has 8 rings (SSSR count). The number of nitrogens with zero attached hydrogens (tertiary/aromatic N) is 2. The number of aliphatic hydroxyl groups is 1. The summed E-state index contributed by atoms with van der Waals surface area (Å²) in [5, 5.41) is 10.4. The number of hydrogen-bond acceptors (Lipinski definition) is 8. The SMILES string of the molecule is COc1ccc2c3c1OC1C[C@@H](O)C=C[C@@]31CCN(CCCCCCCCN1CC[C@@]34C=C[C@H](OC)C[C@@H]3Oc3c(OC)ccc(c34)C1)C2. The Bertz CT molecular complexity index is 1590. The van der Waals surface area contributed by atoms with E-state index in [-0.39, 0.29) is 29.1 Å². The molecule has 8 heteroatoms. The van der Waals surface area contributed by atoms with Gasteiger partial charge in [-0.3, -0.25) is 9.80 Å². The van der Waals surface area contributed by atoms with Crippen LogP contribution >= 0.6 is 0 Å². The van der Waals surface area contributed by atoms with Gasteiger partial charge < -0.3 is 28.8 Å². The smallest absolute Gasteiger partial charge is 0.166 e. The topological polar surface area (TPSA) is 72.9 Å². The van der Waals surface area contributed by atoms with Crippen LogP contribution in [-0.4, -0.2) is 86.8 Å². The van der Waals surface area contributed by atoms with E-state index in [9.17, 15) is 5.11 Å². The standard InChI is InChI=1S/C41H54N2O6/c1-45-31-15-17-41-19-23-43(27-29-11-13-33(47-3)39(37(29)41)49-35(41)25-31)21-9-7-5-4-6-8-20-42-22-18-40-16-14-30(44)24-34(40)48-38-32(46-2)12-10-28(26-42)36(38)40/h10-17,30-31,34-35,44H,4-9,18-27H2,1-3H3/t30-,31-,34?,35-,40-,41-/m0/s1. The molecule has 6 atom stereocenters. The number of unbranched alkanes of at least 4 members (excludes halogenated alkanes) is 5. The van der Waals surface area contributed by atoms with Crippen LogP contribution in [0.25, 0.3) is 0 Å². The highest BCUT2D eigenvalue weighted by Crippen LogP contribution is 2.57. The van der Waals surface area contributed by atoms with Gasteiger partial charge in [0, 0.05) is 44.2 Å². The van der Waals surface area contributed by atoms with E-state index >= 15 is 0 Å². The third-order valence-corrected chi connectivity index (χ3v) is 12.6. The maximum atomic E-state index is 10.4. The zero-order valence-electron chi connectivity index (χ0n) is 29.6. The minimum Gasteiger partial charge on any atom is -0.493 e. The molecule has 0 fully saturated rings. The van der Waals surface area contributed by atoms with E-state index < -0.39 is 6.10 Å². The average Bonchev–Trinajstić information content (AvgIpc) is 3.51. The van der Waals surface area contributed by atoms with Crippen molar-refractivity contribution >= 4 is 0 Å². The third kappa shape index (κ3) is 5.77. The van der Waals surface area contributed by atoms with Gasteiger partial charge in [-0.1, -0.05) is 62.1 Å². The first-order chi connectivity index (χ1) is 24.0. The summed E-state index contributed by atoms with van der Waals surface area (Å²) in [6, 6.07) is 8.66. The normalized spacial score (nSPS) is 31.1. The van der Waals surface area contributed by atoms with Crippen LogP contribution in [0.5, 0.6) is 23.0 Å². The summed E-state index contributed by atoms with van der Waals surface area (Å²) in [6.45, 7) is 6.32. The maximum Gasteiger partial charge on any atom is 0.166 e. The molecule has 264 valence electrons. The summed E-state index contributed by atoms with van der Waals surface area (Å²) in [6.07, 6.45) is 19.8. The van der Waals surface area contributed by atoms with E-state index in [1.165, 1.54) is 60.8 Å². The highest BCUT2D eigenvalue weighted by molar-refractivity contribution is 5.62. The fourth-order valence-electron chi connectivity index (χ4n) is 9.91. The Morgan fingerprint density at radius 2 is 1.20 bits per heavy atom. The highest BCUT2D eigenvalue weighted by Gasteiger charge is 2.54. The van der Waals surface area contributed by atoms with Gasteiger partial charge in [-0.2, -0.15) is 0 Å². The van der Waals surface area contributed by atoms with E-state index in [1.807, 2.05) is 6.08 Å². The monoisotopic (exact) mass is 670 g/mol. The molecule has 0 saturated carbocycles. The number of benzene rings is 2. The predicted molar refractivity (Wildman–Crippen MR) is 190 cm³/mol. The quantitative estimate of drug-likeness (QED) is 0.204. The third-order valence-electron chi connectivity index (χ3n) is 12.6. The summed E-state index contributed by atoms with van der Waals surface area (Å²) in [5.74, 6) is 3.51. The van der Waals surface area contributed by atoms with E-state index in [1.54, 1.807) is 21.3 Å². The summed E-state index contributed by atoms with van der Waals surface area (Å²) >= 11 is 0. The van der Waals surface area contributed by atoms with E-state index in [0.29, 0.717) is 6.42 Å². The van der Waals surface area contributed by atoms with Crippen LogP contribution < -0.4 is 18.9 Å². The Kier molecular flexibility index (Phi) is 9.19. The van der Waals surface area contributed by atoms with Crippen molar-refractivity contribution < 1.29 is 28.8 Å². The van der Waals surface area contributed by atoms with Crippen molar-refractivity contribution in [3.63, 3.8) is 0 Å². The Morgan fingerprint density at radius 3 is 1.73 bits per heavy atom. The molecule has 4 heterocycles. The first-order valence-corrected chi connectivity index (χ1v) is 18.8. The molecule has 0 aromatic heterocycles. The van der Waals surface area contributed by atoms with Crippen molar-refractivity contribution in [2.24, 2.45) is 0 Å². The molecular weight excluding hydrogens is 616 g/mol. The zero-order valence-corrected chi connectivity index (χ0v) is 29.6. The molecule has 2 aromatic rings. The lowest BCUT2D eigenvalue weighted by Gasteiger charge is -2.36. The van der Waals surface area contributed by atoms with Crippen molar-refractivity contribution in [1.29, 1.82) is 0 Å². The first-order valence-electron chi connectivity index (χ1n) is 18.8. The molecule has 0 bridgehead atoms. The zero-order chi connectivity index (χ0) is 33.6. The predicted octanol–water partition coefficient (Wildman–Crippen LogP) is 6.45. The van der Waals surface area contributed by atoms with Crippen molar-refractivity contribution in [3.05, 3.63) is 70.8 Å². The fourth-order valence-corrected chi connectivity index (χ4v) is 9.91. The van der Waals surface area contributed by atoms with Gasteiger partial charge in [0.05, 0.1) is 37.3 Å². The lowest BCUT2D eigenvalue weighted by Crippen LogP contribution is -2.43. The van der Waals surface area contributed by atoms with Crippen molar-refractivity contribution in [1.82, 2.24) is 9.80 Å². The molecule has 2 aromatic carbocycles. The summed E-state index contributed by atoms with van der Waals surface area (Å²) in [7, 11) is 5.25. The van der Waals surface area contributed by atoms with Crippen LogP contribution in [0.2, 0.25) is 0 Å². The molecule has 0 amide bonds. The number of hydrogen-bond donors (Lipinski definition) is 1. The van der Waals surface area contributed by atoms with E-state index in [4.69, 9.17) is 23.7 Å². The molecule has 1 N–H and O–H groups in total. The molecule has 0 radical (unpaired) electrons. The molecule has 4 aliphatic heterocycles. The average molecular weight is 671 g/mol. The number of rotatable bonds is 12. The largest absolute Gasteiger partial charge is 0.493 e. The Morgan fingerprint density at radius 1 is 0.694 bits per heavy atom. The van der Waals surface area contributed by atoms with Crippen molar-refractivity contribution in [3.8, 4) is 23.0 Å². The highest BCUT2D eigenvalue weighted by atomic mass is 16.5. The van der Waals surface area contributed by atoms with Crippen LogP contribution in [0, 0.1) is 0 Å². The van der Waals surface area contributed by atoms with Gasteiger partial charge in [-0.15, -0.1) is 0 Å². The number of aliphatic hydroxyl groups excluding tert-OH is 1. The van der Waals surface area contributed by atoms with Gasteiger partial charge in [-0.25, -0.2) is 0 Å². The number of ether oxygens (including phenoxy) is 5. The van der Waals surface area contributed by atoms with E-state index in [2.05, 4.69) is 52.3 Å². The van der Waals surface area contributed by atoms with E-state index in [0.717, 1.165) is 81.5 Å². The van der Waals surface area contributed by atoms with Crippen LogP contribution in [0.15, 0.2) is 48.6 Å². The fraction of sp³-hybridized carbons (Fsp3) is 0.610. The number of methoxy groups -OCH3 is 3. The Labute approximate surface area is 292 Å². The van der Waals surface area contributed by atoms with Crippen LogP contribution in [0.3, 0.4) is 0 Å². The van der Waals surface area contributed by atoms with Crippen molar-refractivity contribution in [2.45, 2.75) is 113 Å². The second-order valence-electron chi connectivity index (χ2n) is 15.3. The van der Waals surface area contributed by atoms with Crippen LogP contribution in [-0.2, 0) is 28.7 Å². The molecule has 1 unspecified atom stereocenters. The summed E-state index contributed by atoms with van der Waals surface area (Å²) in [4.78, 5) is 5.30. The molecule has 0 saturated heterocycles. The molecule has 2 spiro atoms. The molecular formula is C41H54N2O6. The van der Waals surface area contributed by atoms with Gasteiger partial charge in [0.1, 0.15) is 12.2 Å². The molecule has 2 aliphatic carbocycles. The van der Waals surface area contributed by atoms with Gasteiger partial charge in [0.25, 0.3) is 0 Å². The van der Waals surface area contributed by atoms with Crippen molar-refractivity contribution in [2.75, 3.05) is 47.5 Å². The molecule has 6 aliphatic rings. The lowest BCUT2D eigenvalue weighted by atomic mass is 9.69. The van der Waals surface area contributed by atoms with Gasteiger partial charge in [0.2, 0.25) is 0 Å².